The highest BCUT2D eigenvalue weighted by atomic mass is 32.2. The van der Waals surface area contributed by atoms with E-state index in [1.165, 1.54) is 30.2 Å². The van der Waals surface area contributed by atoms with E-state index in [2.05, 4.69) is 4.99 Å². The third kappa shape index (κ3) is 5.04. The van der Waals surface area contributed by atoms with E-state index in [9.17, 15) is 18.0 Å². The monoisotopic (exact) mass is 389 g/mol. The number of Topliss-reactive ketones (excluding diaryl/α,β-unsaturated/α-hetero) is 1. The van der Waals surface area contributed by atoms with Gasteiger partial charge in [0.05, 0.1) is 33.9 Å². The average Bonchev–Trinajstić information content (AvgIpc) is 2.88. The highest BCUT2D eigenvalue weighted by molar-refractivity contribution is 8.19. The molecular formula is C17H18F3NO2S2. The number of hydrogen-bond acceptors (Lipinski definition) is 5. The van der Waals surface area contributed by atoms with Crippen molar-refractivity contribution in [2.45, 2.75) is 25.9 Å². The van der Waals surface area contributed by atoms with Crippen LogP contribution in [0.3, 0.4) is 0 Å². The van der Waals surface area contributed by atoms with Crippen molar-refractivity contribution in [2.24, 2.45) is 4.99 Å². The summed E-state index contributed by atoms with van der Waals surface area (Å²) >= 11 is 2.74. The Morgan fingerprint density at radius 3 is 2.76 bits per heavy atom. The zero-order valence-corrected chi connectivity index (χ0v) is 15.4. The molecule has 0 amide bonds. The molecule has 1 saturated heterocycles. The van der Waals surface area contributed by atoms with Gasteiger partial charge < -0.3 is 4.74 Å². The predicted octanol–water partition coefficient (Wildman–Crippen LogP) is 5.09. The lowest BCUT2D eigenvalue weighted by atomic mass is 9.94. The molecule has 0 aliphatic carbocycles. The van der Waals surface area contributed by atoms with Gasteiger partial charge in [-0.05, 0) is 24.3 Å². The summed E-state index contributed by atoms with van der Waals surface area (Å²) in [4.78, 5) is 17.5. The Bertz CT molecular complexity index is 687. The molecule has 0 bridgehead atoms. The number of ketones is 1. The SMILES string of the molecule is CCOC=C1SC(=NCSCC)C(c2cccc(C(F)(F)F)c2)C1=O. The fourth-order valence-electron chi connectivity index (χ4n) is 2.23. The van der Waals surface area contributed by atoms with Gasteiger partial charge in [0, 0.05) is 0 Å². The first-order valence-corrected chi connectivity index (χ1v) is 9.68. The van der Waals surface area contributed by atoms with Crippen molar-refractivity contribution in [3.63, 3.8) is 0 Å². The lowest BCUT2D eigenvalue weighted by Crippen LogP contribution is -2.14. The zero-order chi connectivity index (χ0) is 18.4. The highest BCUT2D eigenvalue weighted by Crippen LogP contribution is 2.42. The van der Waals surface area contributed by atoms with E-state index in [4.69, 9.17) is 4.74 Å². The van der Waals surface area contributed by atoms with E-state index in [0.717, 1.165) is 17.9 Å². The lowest BCUT2D eigenvalue weighted by Gasteiger charge is -2.12. The van der Waals surface area contributed by atoms with Crippen molar-refractivity contribution < 1.29 is 22.7 Å². The average molecular weight is 389 g/mol. The van der Waals surface area contributed by atoms with Gasteiger partial charge in [-0.25, -0.2) is 0 Å². The molecule has 1 unspecified atom stereocenters. The normalized spacial score (nSPS) is 21.3. The number of thioether (sulfide) groups is 2. The summed E-state index contributed by atoms with van der Waals surface area (Å²) in [6, 6.07) is 4.87. The second kappa shape index (κ2) is 8.80. The van der Waals surface area contributed by atoms with Crippen molar-refractivity contribution in [1.29, 1.82) is 0 Å². The second-order valence-corrected chi connectivity index (χ2v) is 7.38. The number of halogens is 3. The Morgan fingerprint density at radius 2 is 2.12 bits per heavy atom. The molecule has 2 rings (SSSR count). The molecule has 136 valence electrons. The Labute approximate surface area is 153 Å². The van der Waals surface area contributed by atoms with E-state index in [0.29, 0.717) is 28.0 Å². The topological polar surface area (TPSA) is 38.7 Å². The molecule has 1 aromatic carbocycles. The number of ether oxygens (including phenoxy) is 1. The smallest absolute Gasteiger partial charge is 0.416 e. The minimum atomic E-state index is -4.45. The summed E-state index contributed by atoms with van der Waals surface area (Å²) in [6.07, 6.45) is -3.09. The van der Waals surface area contributed by atoms with Gasteiger partial charge >= 0.3 is 6.18 Å². The Balaban J connectivity index is 2.40. The molecule has 1 fully saturated rings. The van der Waals surface area contributed by atoms with Gasteiger partial charge in [0.25, 0.3) is 0 Å². The van der Waals surface area contributed by atoms with E-state index < -0.39 is 17.7 Å². The number of benzene rings is 1. The fourth-order valence-corrected chi connectivity index (χ4v) is 3.77. The summed E-state index contributed by atoms with van der Waals surface area (Å²) in [5.41, 5.74) is -0.472. The van der Waals surface area contributed by atoms with E-state index >= 15 is 0 Å². The fraction of sp³-hybridized carbons (Fsp3) is 0.412. The van der Waals surface area contributed by atoms with Crippen LogP contribution in [0.2, 0.25) is 0 Å². The van der Waals surface area contributed by atoms with Crippen molar-refractivity contribution in [3.8, 4) is 0 Å². The predicted molar refractivity (Wildman–Crippen MR) is 96.9 cm³/mol. The molecule has 25 heavy (non-hydrogen) atoms. The lowest BCUT2D eigenvalue weighted by molar-refractivity contribution is -0.137. The number of alkyl halides is 3. The van der Waals surface area contributed by atoms with Crippen LogP contribution in [0.15, 0.2) is 40.4 Å². The molecule has 1 aliphatic rings. The van der Waals surface area contributed by atoms with E-state index in [-0.39, 0.29) is 5.78 Å². The summed E-state index contributed by atoms with van der Waals surface area (Å²) in [5.74, 6) is 0.240. The first kappa shape index (κ1) is 19.9. The van der Waals surface area contributed by atoms with Crippen LogP contribution in [0, 0.1) is 0 Å². The van der Waals surface area contributed by atoms with Gasteiger partial charge in [0.15, 0.2) is 5.78 Å². The Morgan fingerprint density at radius 1 is 1.36 bits per heavy atom. The van der Waals surface area contributed by atoms with Gasteiger partial charge in [-0.2, -0.15) is 13.2 Å². The molecule has 1 aromatic rings. The first-order chi connectivity index (χ1) is 11.9. The van der Waals surface area contributed by atoms with E-state index in [1.807, 2.05) is 6.92 Å². The summed E-state index contributed by atoms with van der Waals surface area (Å²) in [6.45, 7) is 4.19. The molecular weight excluding hydrogens is 371 g/mol. The molecule has 3 nitrogen and oxygen atoms in total. The molecule has 1 heterocycles. The standard InChI is InChI=1S/C17H18F3NO2S2/c1-3-23-9-13-15(22)14(16(25-13)21-10-24-4-2)11-6-5-7-12(8-11)17(18,19)20/h5-9,14H,3-4,10H2,1-2H3. The Hall–Kier alpha value is -1.41. The largest absolute Gasteiger partial charge is 0.500 e. The minimum absolute atomic E-state index is 0.280. The molecule has 0 spiro atoms. The Kier molecular flexibility index (Phi) is 7.01. The number of rotatable bonds is 6. The molecule has 8 heteroatoms. The van der Waals surface area contributed by atoms with Crippen LogP contribution in [0.25, 0.3) is 0 Å². The van der Waals surface area contributed by atoms with Crippen LogP contribution in [-0.4, -0.2) is 29.1 Å². The number of aliphatic imine (C=N–C) groups is 1. The number of hydrogen-bond donors (Lipinski definition) is 0. The second-order valence-electron chi connectivity index (χ2n) is 5.08. The quantitative estimate of drug-likeness (QED) is 0.386. The van der Waals surface area contributed by atoms with Crippen LogP contribution in [-0.2, 0) is 15.7 Å². The molecule has 0 saturated carbocycles. The number of nitrogens with zero attached hydrogens (tertiary/aromatic N) is 1. The maximum absolute atomic E-state index is 13.0. The summed E-state index contributed by atoms with van der Waals surface area (Å²) in [5, 5.41) is 0.510. The third-order valence-electron chi connectivity index (χ3n) is 3.39. The van der Waals surface area contributed by atoms with Crippen molar-refractivity contribution >= 4 is 34.4 Å². The van der Waals surface area contributed by atoms with Gasteiger partial charge in [-0.15, -0.1) is 11.8 Å². The molecule has 1 aliphatic heterocycles. The van der Waals surface area contributed by atoms with Crippen LogP contribution >= 0.6 is 23.5 Å². The molecule has 1 atom stereocenters. The number of carbonyl (C=O) groups is 1. The van der Waals surface area contributed by atoms with Crippen molar-refractivity contribution in [1.82, 2.24) is 0 Å². The van der Waals surface area contributed by atoms with Gasteiger partial charge in [0.1, 0.15) is 6.26 Å². The summed E-state index contributed by atoms with van der Waals surface area (Å²) < 4.78 is 44.1. The number of carbonyl (C=O) groups excluding carboxylic acids is 1. The highest BCUT2D eigenvalue weighted by Gasteiger charge is 2.39. The number of allylic oxidation sites excluding steroid dienone is 1. The van der Waals surface area contributed by atoms with Crippen LogP contribution in [0.5, 0.6) is 0 Å². The summed E-state index contributed by atoms with van der Waals surface area (Å²) in [7, 11) is 0. The third-order valence-corrected chi connectivity index (χ3v) is 5.20. The van der Waals surface area contributed by atoms with Crippen LogP contribution in [0.1, 0.15) is 30.9 Å². The van der Waals surface area contributed by atoms with Gasteiger partial charge in [-0.3, -0.25) is 9.79 Å². The molecule has 0 radical (unpaired) electrons. The van der Waals surface area contributed by atoms with Crippen LogP contribution in [0.4, 0.5) is 13.2 Å². The van der Waals surface area contributed by atoms with Crippen LogP contribution < -0.4 is 0 Å². The maximum atomic E-state index is 13.0. The maximum Gasteiger partial charge on any atom is 0.416 e. The molecule has 0 N–H and O–H groups in total. The van der Waals surface area contributed by atoms with Crippen molar-refractivity contribution in [3.05, 3.63) is 46.6 Å². The zero-order valence-electron chi connectivity index (χ0n) is 13.8. The van der Waals surface area contributed by atoms with Gasteiger partial charge in [0.2, 0.25) is 0 Å². The minimum Gasteiger partial charge on any atom is -0.500 e. The van der Waals surface area contributed by atoms with Gasteiger partial charge in [-0.1, -0.05) is 36.9 Å². The van der Waals surface area contributed by atoms with Crippen molar-refractivity contribution in [2.75, 3.05) is 18.2 Å². The first-order valence-electron chi connectivity index (χ1n) is 7.71. The molecule has 0 aromatic heterocycles. The van der Waals surface area contributed by atoms with E-state index in [1.54, 1.807) is 18.7 Å².